The van der Waals surface area contributed by atoms with Gasteiger partial charge in [0, 0.05) is 18.3 Å². The van der Waals surface area contributed by atoms with E-state index >= 15 is 0 Å². The number of rotatable bonds is 5. The van der Waals surface area contributed by atoms with Crippen molar-refractivity contribution in [2.45, 2.75) is 32.2 Å². The van der Waals surface area contributed by atoms with Crippen molar-refractivity contribution in [3.05, 3.63) is 29.8 Å². The first-order valence-electron chi connectivity index (χ1n) is 6.32. The molecule has 0 bridgehead atoms. The number of benzene rings is 1. The highest BCUT2D eigenvalue weighted by atomic mass is 15.1. The summed E-state index contributed by atoms with van der Waals surface area (Å²) >= 11 is 0. The quantitative estimate of drug-likeness (QED) is 0.817. The maximum Gasteiger partial charge on any atom is 0.0429 e. The van der Waals surface area contributed by atoms with Gasteiger partial charge < -0.3 is 10.2 Å². The van der Waals surface area contributed by atoms with Crippen molar-refractivity contribution in [3.8, 4) is 0 Å². The second-order valence-electron chi connectivity index (χ2n) is 4.82. The van der Waals surface area contributed by atoms with E-state index in [0.29, 0.717) is 6.04 Å². The fourth-order valence-corrected chi connectivity index (χ4v) is 2.38. The number of anilines is 1. The fourth-order valence-electron chi connectivity index (χ4n) is 2.38. The molecular weight excluding hydrogens is 196 g/mol. The van der Waals surface area contributed by atoms with Crippen LogP contribution in [-0.2, 0) is 6.42 Å². The van der Waals surface area contributed by atoms with Crippen LogP contribution in [-0.4, -0.2) is 31.1 Å². The van der Waals surface area contributed by atoms with Crippen LogP contribution < -0.4 is 5.32 Å². The summed E-state index contributed by atoms with van der Waals surface area (Å²) in [4.78, 5) is 2.44. The lowest BCUT2D eigenvalue weighted by Gasteiger charge is -2.21. The third kappa shape index (κ3) is 2.76. The van der Waals surface area contributed by atoms with Crippen molar-refractivity contribution in [3.63, 3.8) is 0 Å². The maximum atomic E-state index is 3.60. The Balaban J connectivity index is 1.82. The fraction of sp³-hybridized carbons (Fsp3) is 0.571. The molecule has 1 aromatic carbocycles. The molecule has 0 aromatic heterocycles. The molecule has 1 unspecified atom stereocenters. The third-order valence-corrected chi connectivity index (χ3v) is 3.27. The number of nitrogens with one attached hydrogen (secondary N) is 1. The average Bonchev–Trinajstić information content (AvgIpc) is 2.68. The molecule has 0 amide bonds. The molecule has 0 saturated heterocycles. The number of unbranched alkanes of at least 4 members (excludes halogenated alkanes) is 1. The van der Waals surface area contributed by atoms with Gasteiger partial charge in [0.2, 0.25) is 0 Å². The van der Waals surface area contributed by atoms with Gasteiger partial charge in [0.15, 0.2) is 0 Å². The van der Waals surface area contributed by atoms with Gasteiger partial charge in [0.05, 0.1) is 0 Å². The molecule has 0 saturated carbocycles. The van der Waals surface area contributed by atoms with Crippen molar-refractivity contribution in [1.82, 2.24) is 4.90 Å². The predicted octanol–water partition coefficient (Wildman–Crippen LogP) is 2.76. The number of para-hydroxylation sites is 1. The van der Waals surface area contributed by atoms with E-state index in [4.69, 9.17) is 0 Å². The van der Waals surface area contributed by atoms with E-state index in [9.17, 15) is 0 Å². The van der Waals surface area contributed by atoms with Gasteiger partial charge in [-0.3, -0.25) is 0 Å². The van der Waals surface area contributed by atoms with Crippen LogP contribution in [0.3, 0.4) is 0 Å². The Labute approximate surface area is 98.7 Å². The van der Waals surface area contributed by atoms with Crippen molar-refractivity contribution in [2.24, 2.45) is 0 Å². The van der Waals surface area contributed by atoms with Crippen molar-refractivity contribution >= 4 is 5.69 Å². The van der Waals surface area contributed by atoms with E-state index in [-0.39, 0.29) is 0 Å². The molecule has 1 atom stereocenters. The minimum Gasteiger partial charge on any atom is -0.380 e. The third-order valence-electron chi connectivity index (χ3n) is 3.27. The first kappa shape index (κ1) is 11.5. The summed E-state index contributed by atoms with van der Waals surface area (Å²) in [6.07, 6.45) is 3.76. The lowest BCUT2D eigenvalue weighted by Crippen LogP contribution is -2.33. The van der Waals surface area contributed by atoms with Crippen LogP contribution >= 0.6 is 0 Å². The minimum atomic E-state index is 0.597. The summed E-state index contributed by atoms with van der Waals surface area (Å²) in [5.41, 5.74) is 2.80. The van der Waals surface area contributed by atoms with Gasteiger partial charge in [-0.05, 0) is 38.1 Å². The van der Waals surface area contributed by atoms with Gasteiger partial charge in [-0.25, -0.2) is 0 Å². The number of hydrogen-bond acceptors (Lipinski definition) is 2. The van der Waals surface area contributed by atoms with Gasteiger partial charge >= 0.3 is 0 Å². The SMILES string of the molecule is CCCCN(C)CC1Cc2ccccc2N1. The molecule has 0 spiro atoms. The van der Waals surface area contributed by atoms with Gasteiger partial charge in [-0.1, -0.05) is 31.5 Å². The van der Waals surface area contributed by atoms with E-state index in [2.05, 4.69) is 48.5 Å². The van der Waals surface area contributed by atoms with Crippen molar-refractivity contribution in [1.29, 1.82) is 0 Å². The highest BCUT2D eigenvalue weighted by Gasteiger charge is 2.20. The molecule has 1 aliphatic rings. The van der Waals surface area contributed by atoms with Gasteiger partial charge in [-0.15, -0.1) is 0 Å². The Morgan fingerprint density at radius 1 is 1.38 bits per heavy atom. The molecule has 2 rings (SSSR count). The monoisotopic (exact) mass is 218 g/mol. The van der Waals surface area contributed by atoms with E-state index in [1.807, 2.05) is 0 Å². The molecule has 2 heteroatoms. The predicted molar refractivity (Wildman–Crippen MR) is 70.0 cm³/mol. The van der Waals surface area contributed by atoms with Gasteiger partial charge in [0.1, 0.15) is 0 Å². The number of hydrogen-bond donors (Lipinski definition) is 1. The molecule has 2 nitrogen and oxygen atoms in total. The Bertz CT molecular complexity index is 310. The van der Waals surface area contributed by atoms with Crippen molar-refractivity contribution < 1.29 is 0 Å². The molecule has 88 valence electrons. The summed E-state index contributed by atoms with van der Waals surface area (Å²) < 4.78 is 0. The van der Waals surface area contributed by atoms with E-state index < -0.39 is 0 Å². The van der Waals surface area contributed by atoms with Crippen LogP contribution in [0.4, 0.5) is 5.69 Å². The topological polar surface area (TPSA) is 15.3 Å². The summed E-state index contributed by atoms with van der Waals surface area (Å²) in [5, 5.41) is 3.60. The molecule has 0 aliphatic carbocycles. The van der Waals surface area contributed by atoms with E-state index in [0.717, 1.165) is 6.54 Å². The molecular formula is C14H22N2. The van der Waals surface area contributed by atoms with Crippen LogP contribution in [0.2, 0.25) is 0 Å². The summed E-state index contributed by atoms with van der Waals surface area (Å²) in [6.45, 7) is 4.61. The normalized spacial score (nSPS) is 18.6. The molecule has 1 aliphatic heterocycles. The zero-order valence-electron chi connectivity index (χ0n) is 10.4. The highest BCUT2D eigenvalue weighted by Crippen LogP contribution is 2.25. The highest BCUT2D eigenvalue weighted by molar-refractivity contribution is 5.56. The van der Waals surface area contributed by atoms with Crippen molar-refractivity contribution in [2.75, 3.05) is 25.5 Å². The lowest BCUT2D eigenvalue weighted by atomic mass is 10.1. The van der Waals surface area contributed by atoms with Gasteiger partial charge in [-0.2, -0.15) is 0 Å². The van der Waals surface area contributed by atoms with Gasteiger partial charge in [0.25, 0.3) is 0 Å². The second kappa shape index (κ2) is 5.35. The van der Waals surface area contributed by atoms with Crippen LogP contribution in [0.15, 0.2) is 24.3 Å². The number of likely N-dealkylation sites (N-methyl/N-ethyl adjacent to an activating group) is 1. The Kier molecular flexibility index (Phi) is 3.83. The zero-order chi connectivity index (χ0) is 11.4. The molecule has 0 radical (unpaired) electrons. The first-order valence-corrected chi connectivity index (χ1v) is 6.32. The standard InChI is InChI=1S/C14H22N2/c1-3-4-9-16(2)11-13-10-12-7-5-6-8-14(12)15-13/h5-8,13,15H,3-4,9-11H2,1-2H3. The maximum absolute atomic E-state index is 3.60. The Morgan fingerprint density at radius 2 is 2.19 bits per heavy atom. The largest absolute Gasteiger partial charge is 0.380 e. The molecule has 1 heterocycles. The van der Waals surface area contributed by atoms with Crippen LogP contribution in [0, 0.1) is 0 Å². The summed E-state index contributed by atoms with van der Waals surface area (Å²) in [6, 6.07) is 9.24. The lowest BCUT2D eigenvalue weighted by molar-refractivity contribution is 0.314. The number of nitrogens with zero attached hydrogens (tertiary/aromatic N) is 1. The Hall–Kier alpha value is -1.02. The van der Waals surface area contributed by atoms with Crippen LogP contribution in [0.25, 0.3) is 0 Å². The smallest absolute Gasteiger partial charge is 0.0429 e. The number of fused-ring (bicyclic) bond motifs is 1. The zero-order valence-corrected chi connectivity index (χ0v) is 10.4. The van der Waals surface area contributed by atoms with Crippen LogP contribution in [0.5, 0.6) is 0 Å². The molecule has 1 N–H and O–H groups in total. The first-order chi connectivity index (χ1) is 7.79. The molecule has 0 fully saturated rings. The summed E-state index contributed by atoms with van der Waals surface area (Å²) in [7, 11) is 2.22. The van der Waals surface area contributed by atoms with Crippen LogP contribution in [0.1, 0.15) is 25.3 Å². The van der Waals surface area contributed by atoms with E-state index in [1.165, 1.54) is 37.1 Å². The minimum absolute atomic E-state index is 0.597. The summed E-state index contributed by atoms with van der Waals surface area (Å²) in [5.74, 6) is 0. The molecule has 16 heavy (non-hydrogen) atoms. The average molecular weight is 218 g/mol. The molecule has 1 aromatic rings. The van der Waals surface area contributed by atoms with E-state index in [1.54, 1.807) is 0 Å². The second-order valence-corrected chi connectivity index (χ2v) is 4.82. The Morgan fingerprint density at radius 3 is 2.94 bits per heavy atom.